The summed E-state index contributed by atoms with van der Waals surface area (Å²) in [6.45, 7) is 3.04. The van der Waals surface area contributed by atoms with Gasteiger partial charge in [-0.05, 0) is 60.7 Å². The van der Waals surface area contributed by atoms with Gasteiger partial charge in [0.25, 0.3) is 0 Å². The molecular weight excluding hydrogens is 424 g/mol. The molecule has 6 aromatic rings. The van der Waals surface area contributed by atoms with Gasteiger partial charge in [-0.2, -0.15) is 0 Å². The number of allylic oxidation sites excluding steroid dienone is 2. The molecule has 0 spiro atoms. The standard InChI is InChI=1S/C28H26N4O2/c1-3-13-27-25(11-1)29(21-31(27)19-23-9-7-17-33-23)15-5-6-16-30-22-32(20-24-10-8-18-34-24)28-14-4-2-12-26(28)30/h1-14,17-18,21-22H,15-16,19-20H2/q+2/b6-5+. The Bertz CT molecular complexity index is 1430. The molecule has 0 fully saturated rings. The van der Waals surface area contributed by atoms with Crippen LogP contribution in [-0.4, -0.2) is 9.13 Å². The Morgan fingerprint density at radius 3 is 1.50 bits per heavy atom. The van der Waals surface area contributed by atoms with Crippen molar-refractivity contribution in [1.29, 1.82) is 0 Å². The van der Waals surface area contributed by atoms with Crippen LogP contribution in [0.15, 0.2) is 119 Å². The second-order valence-corrected chi connectivity index (χ2v) is 8.40. The van der Waals surface area contributed by atoms with E-state index in [0.29, 0.717) is 0 Å². The van der Waals surface area contributed by atoms with Crippen LogP contribution in [0.4, 0.5) is 0 Å². The number of hydrogen-bond donors (Lipinski definition) is 0. The van der Waals surface area contributed by atoms with Crippen molar-refractivity contribution in [2.75, 3.05) is 0 Å². The highest BCUT2D eigenvalue weighted by molar-refractivity contribution is 5.72. The second kappa shape index (κ2) is 8.90. The fraction of sp³-hybridized carbons (Fsp3) is 0.143. The van der Waals surface area contributed by atoms with Gasteiger partial charge in [0, 0.05) is 0 Å². The topological polar surface area (TPSA) is 43.9 Å². The van der Waals surface area contributed by atoms with Crippen molar-refractivity contribution in [3.63, 3.8) is 0 Å². The van der Waals surface area contributed by atoms with Gasteiger partial charge in [0.05, 0.1) is 12.5 Å². The molecule has 0 aliphatic heterocycles. The van der Waals surface area contributed by atoms with E-state index in [4.69, 9.17) is 8.83 Å². The number of hydrogen-bond acceptors (Lipinski definition) is 2. The molecule has 6 heteroatoms. The third-order valence-electron chi connectivity index (χ3n) is 6.14. The lowest BCUT2D eigenvalue weighted by Gasteiger charge is -1.93. The van der Waals surface area contributed by atoms with E-state index in [1.165, 1.54) is 22.1 Å². The highest BCUT2D eigenvalue weighted by atomic mass is 16.3. The smallest absolute Gasteiger partial charge is 0.245 e. The Kier molecular flexibility index (Phi) is 5.32. The summed E-state index contributed by atoms with van der Waals surface area (Å²) in [4.78, 5) is 0. The number of nitrogens with zero attached hydrogens (tertiary/aromatic N) is 4. The average molecular weight is 451 g/mol. The van der Waals surface area contributed by atoms with E-state index in [1.807, 2.05) is 24.3 Å². The monoisotopic (exact) mass is 450 g/mol. The first kappa shape index (κ1) is 20.3. The second-order valence-electron chi connectivity index (χ2n) is 8.40. The third-order valence-corrected chi connectivity index (χ3v) is 6.14. The van der Waals surface area contributed by atoms with E-state index in [9.17, 15) is 0 Å². The van der Waals surface area contributed by atoms with Crippen molar-refractivity contribution in [2.45, 2.75) is 26.2 Å². The minimum absolute atomic E-state index is 0.718. The molecule has 0 unspecified atom stereocenters. The third kappa shape index (κ3) is 3.94. The predicted octanol–water partition coefficient (Wildman–Crippen LogP) is 4.71. The molecular formula is C28H26N4O2+2. The van der Waals surface area contributed by atoms with E-state index in [0.717, 1.165) is 37.7 Å². The molecule has 0 bridgehead atoms. The molecule has 0 N–H and O–H groups in total. The molecule has 34 heavy (non-hydrogen) atoms. The van der Waals surface area contributed by atoms with Crippen molar-refractivity contribution < 1.29 is 18.0 Å². The maximum atomic E-state index is 5.56. The number of rotatable bonds is 8. The van der Waals surface area contributed by atoms with Gasteiger partial charge in [0.2, 0.25) is 12.7 Å². The van der Waals surface area contributed by atoms with Gasteiger partial charge in [0.1, 0.15) is 37.7 Å². The molecule has 168 valence electrons. The van der Waals surface area contributed by atoms with E-state index < -0.39 is 0 Å². The van der Waals surface area contributed by atoms with E-state index in [2.05, 4.69) is 91.6 Å². The van der Waals surface area contributed by atoms with E-state index >= 15 is 0 Å². The highest BCUT2D eigenvalue weighted by Crippen LogP contribution is 2.14. The van der Waals surface area contributed by atoms with Gasteiger partial charge in [-0.3, -0.25) is 0 Å². The average Bonchev–Trinajstić information content (AvgIpc) is 3.67. The van der Waals surface area contributed by atoms with E-state index in [1.54, 1.807) is 12.5 Å². The van der Waals surface area contributed by atoms with Gasteiger partial charge in [-0.15, -0.1) is 0 Å². The Labute approximate surface area is 197 Å². The van der Waals surface area contributed by atoms with Crippen molar-refractivity contribution >= 4 is 22.1 Å². The minimum Gasteiger partial charge on any atom is -0.465 e. The van der Waals surface area contributed by atoms with Crippen molar-refractivity contribution in [3.05, 3.63) is 122 Å². The lowest BCUT2D eigenvalue weighted by Crippen LogP contribution is -2.32. The largest absolute Gasteiger partial charge is 0.465 e. The lowest BCUT2D eigenvalue weighted by molar-refractivity contribution is -0.665. The first-order valence-electron chi connectivity index (χ1n) is 11.5. The Morgan fingerprint density at radius 2 is 1.06 bits per heavy atom. The number of para-hydroxylation sites is 4. The molecule has 4 aromatic heterocycles. The number of fused-ring (bicyclic) bond motifs is 2. The Morgan fingerprint density at radius 1 is 0.588 bits per heavy atom. The zero-order chi connectivity index (χ0) is 22.7. The summed E-state index contributed by atoms with van der Waals surface area (Å²) in [6, 6.07) is 24.9. The zero-order valence-electron chi connectivity index (χ0n) is 18.8. The van der Waals surface area contributed by atoms with Crippen LogP contribution in [0.3, 0.4) is 0 Å². The van der Waals surface area contributed by atoms with Crippen molar-refractivity contribution in [3.8, 4) is 0 Å². The molecule has 2 aromatic carbocycles. The fourth-order valence-corrected chi connectivity index (χ4v) is 4.55. The summed E-state index contributed by atoms with van der Waals surface area (Å²) >= 11 is 0. The van der Waals surface area contributed by atoms with Gasteiger partial charge in [-0.1, -0.05) is 24.3 Å². The summed E-state index contributed by atoms with van der Waals surface area (Å²) in [5, 5.41) is 0. The first-order valence-corrected chi connectivity index (χ1v) is 11.5. The van der Waals surface area contributed by atoms with Gasteiger partial charge < -0.3 is 8.83 Å². The maximum absolute atomic E-state index is 5.56. The SMILES string of the molecule is C(=C\Cn1c[n+](Cc2ccco2)c2ccccc21)/Cn1c[n+](Cc2ccco2)c2ccccc21. The summed E-state index contributed by atoms with van der Waals surface area (Å²) in [5.74, 6) is 1.90. The van der Waals surface area contributed by atoms with Gasteiger partial charge in [-0.25, -0.2) is 18.3 Å². The van der Waals surface area contributed by atoms with Crippen LogP contribution in [0.5, 0.6) is 0 Å². The fourth-order valence-electron chi connectivity index (χ4n) is 4.55. The number of furan rings is 2. The number of imidazole rings is 2. The maximum Gasteiger partial charge on any atom is 0.245 e. The van der Waals surface area contributed by atoms with Crippen LogP contribution >= 0.6 is 0 Å². The molecule has 0 saturated heterocycles. The van der Waals surface area contributed by atoms with Crippen molar-refractivity contribution in [1.82, 2.24) is 9.13 Å². The predicted molar refractivity (Wildman–Crippen MR) is 129 cm³/mol. The molecule has 0 saturated carbocycles. The molecule has 0 aliphatic rings. The van der Waals surface area contributed by atoms with Crippen LogP contribution in [-0.2, 0) is 26.2 Å². The van der Waals surface area contributed by atoms with Crippen LogP contribution in [0, 0.1) is 0 Å². The normalized spacial score (nSPS) is 11.9. The van der Waals surface area contributed by atoms with Crippen LogP contribution < -0.4 is 9.13 Å². The summed E-state index contributed by atoms with van der Waals surface area (Å²) in [7, 11) is 0. The molecule has 0 radical (unpaired) electrons. The lowest BCUT2D eigenvalue weighted by atomic mass is 10.3. The quantitative estimate of drug-likeness (QED) is 0.249. The molecule has 4 heterocycles. The zero-order valence-corrected chi connectivity index (χ0v) is 18.8. The number of aromatic nitrogens is 4. The van der Waals surface area contributed by atoms with Crippen LogP contribution in [0.2, 0.25) is 0 Å². The van der Waals surface area contributed by atoms with Crippen molar-refractivity contribution in [2.24, 2.45) is 0 Å². The summed E-state index contributed by atoms with van der Waals surface area (Å²) in [5.41, 5.74) is 4.81. The van der Waals surface area contributed by atoms with Gasteiger partial charge in [0.15, 0.2) is 22.1 Å². The van der Waals surface area contributed by atoms with Crippen LogP contribution in [0.1, 0.15) is 11.5 Å². The molecule has 6 nitrogen and oxygen atoms in total. The van der Waals surface area contributed by atoms with Gasteiger partial charge >= 0.3 is 0 Å². The first-order chi connectivity index (χ1) is 16.8. The highest BCUT2D eigenvalue weighted by Gasteiger charge is 2.17. The molecule has 0 atom stereocenters. The summed E-state index contributed by atoms with van der Waals surface area (Å²) in [6.07, 6.45) is 12.2. The Balaban J connectivity index is 1.22. The van der Waals surface area contributed by atoms with Crippen LogP contribution in [0.25, 0.3) is 22.1 Å². The number of benzene rings is 2. The van der Waals surface area contributed by atoms with E-state index in [-0.39, 0.29) is 0 Å². The minimum atomic E-state index is 0.718. The Hall–Kier alpha value is -4.32. The molecule has 6 rings (SSSR count). The summed E-state index contributed by atoms with van der Waals surface area (Å²) < 4.78 is 20.1. The molecule has 0 amide bonds. The molecule has 0 aliphatic carbocycles.